The number of aliphatic hydroxyl groups is 2. The van der Waals surface area contributed by atoms with Gasteiger partial charge < -0.3 is 38.6 Å². The summed E-state index contributed by atoms with van der Waals surface area (Å²) in [5.41, 5.74) is 1.29. The van der Waals surface area contributed by atoms with Crippen LogP contribution >= 0.6 is 0 Å². The molecule has 10 heteroatoms. The third-order valence-corrected chi connectivity index (χ3v) is 24.3. The lowest BCUT2D eigenvalue weighted by Crippen LogP contribution is -2.83. The SMILES string of the molecule is CO[C@]12CC[C@@]3(C[C@@H]1[C@](C)(O)C(C)(C)C)[C@H]1Cc4ccc(OCCOc5ccc6c7c5O[C@H]5C78CCN(CC7CC7)[C@H](C6)[C@]86CC[C@]5(OC)[C@@H]([C@](C)(O)C(C)(C)C)C6)c5c4[C@@]3(CCN1CC1CC1)[C@@H]2O5. The minimum absolute atomic E-state index is 0.0212. The lowest BCUT2D eigenvalue weighted by Gasteiger charge is -2.75. The molecule has 2 N–H and O–H groups in total. The molecule has 0 aromatic heterocycles. The van der Waals surface area contributed by atoms with Crippen molar-refractivity contribution in [2.45, 2.75) is 203 Å². The average molecular weight is 961 g/mol. The molecule has 10 aliphatic carbocycles. The molecule has 8 bridgehead atoms. The number of hydrogen-bond donors (Lipinski definition) is 2. The van der Waals surface area contributed by atoms with Crippen LogP contribution in [0.4, 0.5) is 0 Å². The number of rotatable bonds is 13. The predicted octanol–water partition coefficient (Wildman–Crippen LogP) is 9.19. The van der Waals surface area contributed by atoms with Crippen molar-refractivity contribution < 1.29 is 38.6 Å². The van der Waals surface area contributed by atoms with Crippen LogP contribution in [0.1, 0.15) is 155 Å². The van der Waals surface area contributed by atoms with E-state index in [2.05, 4.69) is 89.5 Å². The fourth-order valence-electron chi connectivity index (χ4n) is 19.7. The van der Waals surface area contributed by atoms with E-state index in [1.54, 1.807) is 0 Å². The van der Waals surface area contributed by atoms with Gasteiger partial charge in [-0.2, -0.15) is 0 Å². The number of ether oxygens (including phenoxy) is 6. The van der Waals surface area contributed by atoms with Crippen molar-refractivity contribution in [2.24, 2.45) is 45.3 Å². The van der Waals surface area contributed by atoms with Crippen molar-refractivity contribution in [1.82, 2.24) is 9.80 Å². The topological polar surface area (TPSA) is 102 Å². The van der Waals surface area contributed by atoms with Crippen molar-refractivity contribution in [3.05, 3.63) is 46.5 Å². The van der Waals surface area contributed by atoms with Crippen LogP contribution in [0.25, 0.3) is 0 Å². The Hall–Kier alpha value is -2.60. The summed E-state index contributed by atoms with van der Waals surface area (Å²) in [5.74, 6) is 4.90. The Bertz CT molecular complexity index is 2350. The van der Waals surface area contributed by atoms with Crippen molar-refractivity contribution in [3.8, 4) is 23.0 Å². The zero-order valence-corrected chi connectivity index (χ0v) is 44.3. The fraction of sp³-hybridized carbons (Fsp3) is 0.800. The summed E-state index contributed by atoms with van der Waals surface area (Å²) in [4.78, 5) is 5.76. The van der Waals surface area contributed by atoms with E-state index < -0.39 is 22.4 Å². The molecule has 2 saturated heterocycles. The van der Waals surface area contributed by atoms with Gasteiger partial charge in [0.1, 0.15) is 36.6 Å². The molecule has 0 radical (unpaired) electrons. The van der Waals surface area contributed by atoms with Crippen LogP contribution in [0.2, 0.25) is 0 Å². The van der Waals surface area contributed by atoms with Crippen LogP contribution in [0.5, 0.6) is 23.0 Å². The number of piperidine rings is 2. The van der Waals surface area contributed by atoms with E-state index in [1.807, 2.05) is 14.2 Å². The summed E-state index contributed by atoms with van der Waals surface area (Å²) in [7, 11) is 3.78. The van der Waals surface area contributed by atoms with Crippen LogP contribution in [0.15, 0.2) is 24.3 Å². The highest BCUT2D eigenvalue weighted by molar-refractivity contribution is 5.65. The first-order valence-electron chi connectivity index (χ1n) is 28.1. The van der Waals surface area contributed by atoms with Crippen LogP contribution in [-0.4, -0.2) is 120 Å². The van der Waals surface area contributed by atoms with Crippen molar-refractivity contribution >= 4 is 0 Å². The molecule has 10 nitrogen and oxygen atoms in total. The Labute approximate surface area is 418 Å². The molecule has 70 heavy (non-hydrogen) atoms. The van der Waals surface area contributed by atoms with Crippen LogP contribution in [0, 0.1) is 45.3 Å². The maximum absolute atomic E-state index is 12.8. The molecule has 16 rings (SSSR count). The second-order valence-electron chi connectivity index (χ2n) is 28.2. The van der Waals surface area contributed by atoms with Crippen molar-refractivity contribution in [1.29, 1.82) is 0 Å². The van der Waals surface area contributed by atoms with Crippen LogP contribution in [-0.2, 0) is 33.1 Å². The first-order chi connectivity index (χ1) is 33.2. The molecule has 1 unspecified atom stereocenters. The highest BCUT2D eigenvalue weighted by Gasteiger charge is 2.84. The van der Waals surface area contributed by atoms with E-state index in [9.17, 15) is 10.2 Å². The van der Waals surface area contributed by atoms with E-state index in [1.165, 1.54) is 61.0 Å². The second-order valence-corrected chi connectivity index (χ2v) is 28.2. The number of methoxy groups -OCH3 is 2. The summed E-state index contributed by atoms with van der Waals surface area (Å²) in [6.07, 6.45) is 15.0. The Morgan fingerprint density at radius 1 is 0.571 bits per heavy atom. The number of fused-ring (bicyclic) bond motifs is 4. The Balaban J connectivity index is 0.789. The smallest absolute Gasteiger partial charge is 0.165 e. The minimum atomic E-state index is -0.964. The van der Waals surface area contributed by atoms with Gasteiger partial charge in [-0.1, -0.05) is 53.7 Å². The molecule has 382 valence electrons. The molecule has 14 aliphatic rings. The van der Waals surface area contributed by atoms with Crippen molar-refractivity contribution in [3.63, 3.8) is 0 Å². The van der Waals surface area contributed by atoms with Gasteiger partial charge in [0, 0.05) is 84.0 Å². The normalized spacial score (nSPS) is 43.1. The summed E-state index contributed by atoms with van der Waals surface area (Å²) in [6.45, 7) is 22.6. The number of hydrogen-bond acceptors (Lipinski definition) is 10. The summed E-state index contributed by atoms with van der Waals surface area (Å²) in [5, 5.41) is 25.6. The molecule has 4 heterocycles. The molecule has 2 aromatic rings. The lowest BCUT2D eigenvalue weighted by atomic mass is 9.33. The Kier molecular flexibility index (Phi) is 9.33. The first kappa shape index (κ1) is 46.0. The largest absolute Gasteiger partial charge is 0.486 e. The average Bonchev–Trinajstić information content (AvgIpc) is 4.26. The third kappa shape index (κ3) is 5.29. The van der Waals surface area contributed by atoms with Crippen LogP contribution < -0.4 is 18.9 Å². The zero-order chi connectivity index (χ0) is 48.6. The van der Waals surface area contributed by atoms with Gasteiger partial charge in [-0.05, 0) is 163 Å². The third-order valence-electron chi connectivity index (χ3n) is 24.3. The summed E-state index contributed by atoms with van der Waals surface area (Å²) >= 11 is 0. The molecule has 2 aromatic carbocycles. The summed E-state index contributed by atoms with van der Waals surface area (Å²) < 4.78 is 42.7. The second kappa shape index (κ2) is 14.2. The number of likely N-dealkylation sites (tertiary alicyclic amines) is 2. The fourth-order valence-corrected chi connectivity index (χ4v) is 19.7. The van der Waals surface area contributed by atoms with E-state index in [0.29, 0.717) is 25.3 Å². The lowest BCUT2D eigenvalue weighted by molar-refractivity contribution is -0.312. The molecule has 4 aliphatic heterocycles. The molecule has 10 fully saturated rings. The standard InChI is InChI=1S/C60H84N2O8/c1-51(2,3)53(7,63)41-31-55-19-21-59(41,65-9)49-57(55)23-25-61(33-35-11-12-35)43(55)29-37-15-17-39(47(69-49)45(37)57)67-27-28-68-40-18-16-38-30-44-56-20-22-60(66-10,42(32-56)54(8,64)52(4,5)6)50-58(56,46(38)48(40)70-50)24-26-62(44)34-36-13-14-36/h15-18,35-36,41-44,49-50,63-64H,11-14,19-34H2,1-10H3/t41-,42-,43-,44-,49+,50+,53+,54+,55-,56-,57+,58?,59-,60+/m1/s1. The maximum atomic E-state index is 12.8. The zero-order valence-electron chi connectivity index (χ0n) is 44.3. The molecular formula is C60H84N2O8. The maximum Gasteiger partial charge on any atom is 0.165 e. The quantitative estimate of drug-likeness (QED) is 0.189. The van der Waals surface area contributed by atoms with E-state index in [0.717, 1.165) is 112 Å². The first-order valence-corrected chi connectivity index (χ1v) is 28.1. The molecule has 8 saturated carbocycles. The van der Waals surface area contributed by atoms with Gasteiger partial charge >= 0.3 is 0 Å². The van der Waals surface area contributed by atoms with Crippen molar-refractivity contribution in [2.75, 3.05) is 53.6 Å². The predicted molar refractivity (Wildman–Crippen MR) is 268 cm³/mol. The molecule has 14 atom stereocenters. The van der Waals surface area contributed by atoms with E-state index >= 15 is 0 Å². The van der Waals surface area contributed by atoms with Gasteiger partial charge in [-0.15, -0.1) is 0 Å². The molecular weight excluding hydrogens is 877 g/mol. The van der Waals surface area contributed by atoms with Gasteiger partial charge in [0.15, 0.2) is 23.0 Å². The van der Waals surface area contributed by atoms with Gasteiger partial charge in [0.05, 0.1) is 11.2 Å². The summed E-state index contributed by atoms with van der Waals surface area (Å²) in [6, 6.07) is 9.89. The Morgan fingerprint density at radius 2 is 0.971 bits per heavy atom. The minimum Gasteiger partial charge on any atom is -0.486 e. The Morgan fingerprint density at radius 3 is 1.33 bits per heavy atom. The molecule has 4 spiro atoms. The number of nitrogens with zero attached hydrogens (tertiary/aromatic N) is 2. The molecule has 0 amide bonds. The van der Waals surface area contributed by atoms with Crippen LogP contribution in [0.3, 0.4) is 0 Å². The van der Waals surface area contributed by atoms with Gasteiger partial charge in [-0.25, -0.2) is 0 Å². The monoisotopic (exact) mass is 961 g/mol. The van der Waals surface area contributed by atoms with Gasteiger partial charge in [-0.3, -0.25) is 9.80 Å². The van der Waals surface area contributed by atoms with Gasteiger partial charge in [0.2, 0.25) is 0 Å². The van der Waals surface area contributed by atoms with E-state index in [4.69, 9.17) is 28.4 Å². The highest BCUT2D eigenvalue weighted by atomic mass is 16.6. The van der Waals surface area contributed by atoms with Gasteiger partial charge in [0.25, 0.3) is 0 Å². The number of benzene rings is 2. The van der Waals surface area contributed by atoms with E-state index in [-0.39, 0.29) is 56.5 Å². The highest BCUT2D eigenvalue weighted by Crippen LogP contribution is 2.80.